The Morgan fingerprint density at radius 2 is 2.00 bits per heavy atom. The van der Waals surface area contributed by atoms with Crippen LogP contribution in [0.5, 0.6) is 0 Å². The minimum atomic E-state index is -0.823. The maximum Gasteiger partial charge on any atom is 0.225 e. The van der Waals surface area contributed by atoms with Crippen molar-refractivity contribution in [3.05, 3.63) is 47.7 Å². The fraction of sp³-hybridized carbons (Fsp3) is 0.333. The van der Waals surface area contributed by atoms with Gasteiger partial charge < -0.3 is 15.7 Å². The molecule has 1 aliphatic rings. The number of amides is 1. The van der Waals surface area contributed by atoms with Crippen molar-refractivity contribution in [1.82, 2.24) is 4.90 Å². The van der Waals surface area contributed by atoms with Crippen LogP contribution in [0.1, 0.15) is 18.9 Å². The zero-order valence-corrected chi connectivity index (χ0v) is 11.3. The molecule has 3 N–H and O–H groups in total. The van der Waals surface area contributed by atoms with Crippen molar-refractivity contribution in [2.24, 2.45) is 11.7 Å². The Labute approximate surface area is 117 Å². The molecular formula is C15H18N2O3. The van der Waals surface area contributed by atoms with Gasteiger partial charge >= 0.3 is 0 Å². The zero-order chi connectivity index (χ0) is 14.7. The summed E-state index contributed by atoms with van der Waals surface area (Å²) in [6.45, 7) is 1.88. The largest absolute Gasteiger partial charge is 0.374 e. The van der Waals surface area contributed by atoms with E-state index in [1.807, 2.05) is 30.3 Å². The molecule has 0 saturated carbocycles. The van der Waals surface area contributed by atoms with Crippen molar-refractivity contribution in [2.45, 2.75) is 26.1 Å². The van der Waals surface area contributed by atoms with Gasteiger partial charge in [0.25, 0.3) is 0 Å². The molecule has 106 valence electrons. The van der Waals surface area contributed by atoms with Gasteiger partial charge in [0.15, 0.2) is 5.78 Å². The molecule has 0 saturated heterocycles. The summed E-state index contributed by atoms with van der Waals surface area (Å²) in [7, 11) is 0. The Balaban J connectivity index is 2.25. The fourth-order valence-corrected chi connectivity index (χ4v) is 2.38. The average Bonchev–Trinajstić information content (AvgIpc) is 2.41. The number of carbonyl (C=O) groups excluding carboxylic acids is 2. The molecular weight excluding hydrogens is 256 g/mol. The lowest BCUT2D eigenvalue weighted by molar-refractivity contribution is -0.126. The number of benzene rings is 1. The van der Waals surface area contributed by atoms with Crippen LogP contribution in [0.3, 0.4) is 0 Å². The predicted molar refractivity (Wildman–Crippen MR) is 74.1 cm³/mol. The highest BCUT2D eigenvalue weighted by Crippen LogP contribution is 2.27. The van der Waals surface area contributed by atoms with Crippen molar-refractivity contribution in [2.75, 3.05) is 0 Å². The molecule has 0 aromatic heterocycles. The number of carbonyl (C=O) groups is 2. The summed E-state index contributed by atoms with van der Waals surface area (Å²) in [4.78, 5) is 24.7. The van der Waals surface area contributed by atoms with Crippen molar-refractivity contribution in [1.29, 1.82) is 0 Å². The van der Waals surface area contributed by atoms with E-state index in [1.54, 1.807) is 11.1 Å². The number of hydrogen-bond donors (Lipinski definition) is 2. The number of rotatable bonds is 4. The van der Waals surface area contributed by atoms with Gasteiger partial charge in [-0.3, -0.25) is 9.59 Å². The van der Waals surface area contributed by atoms with Gasteiger partial charge in [-0.25, -0.2) is 0 Å². The summed E-state index contributed by atoms with van der Waals surface area (Å²) in [5.41, 5.74) is 6.67. The summed E-state index contributed by atoms with van der Waals surface area (Å²) < 4.78 is 0. The number of nitrogens with zero attached hydrogens (tertiary/aromatic N) is 1. The maximum atomic E-state index is 11.6. The summed E-state index contributed by atoms with van der Waals surface area (Å²) in [5, 5.41) is 10.1. The highest BCUT2D eigenvalue weighted by molar-refractivity contribution is 5.99. The molecule has 20 heavy (non-hydrogen) atoms. The number of nitrogens with two attached hydrogens (primary N) is 1. The van der Waals surface area contributed by atoms with Gasteiger partial charge in [0.05, 0.1) is 5.92 Å². The SMILES string of the molecule is CC(=O)C1=CN(Cc2ccccc2)[C@H](O)C[C@@H]1C(N)=O. The van der Waals surface area contributed by atoms with E-state index in [1.165, 1.54) is 6.92 Å². The molecule has 0 radical (unpaired) electrons. The lowest BCUT2D eigenvalue weighted by Gasteiger charge is -2.34. The first kappa shape index (κ1) is 14.3. The van der Waals surface area contributed by atoms with Gasteiger partial charge in [0.2, 0.25) is 5.91 Å². The number of ketones is 1. The number of aliphatic hydroxyl groups is 1. The average molecular weight is 274 g/mol. The highest BCUT2D eigenvalue weighted by Gasteiger charge is 2.33. The van der Waals surface area contributed by atoms with Crippen LogP contribution in [-0.4, -0.2) is 27.9 Å². The molecule has 1 aromatic rings. The van der Waals surface area contributed by atoms with Crippen LogP contribution in [0.2, 0.25) is 0 Å². The minimum absolute atomic E-state index is 0.146. The van der Waals surface area contributed by atoms with Crippen LogP contribution < -0.4 is 5.73 Å². The Kier molecular flexibility index (Phi) is 4.20. The van der Waals surface area contributed by atoms with E-state index in [4.69, 9.17) is 5.73 Å². The summed E-state index contributed by atoms with van der Waals surface area (Å²) in [6, 6.07) is 9.61. The maximum absolute atomic E-state index is 11.6. The summed E-state index contributed by atoms with van der Waals surface area (Å²) >= 11 is 0. The van der Waals surface area contributed by atoms with E-state index in [9.17, 15) is 14.7 Å². The van der Waals surface area contributed by atoms with Crippen LogP contribution in [0, 0.1) is 5.92 Å². The zero-order valence-electron chi connectivity index (χ0n) is 11.3. The van der Waals surface area contributed by atoms with Gasteiger partial charge in [-0.2, -0.15) is 0 Å². The molecule has 1 aromatic carbocycles. The van der Waals surface area contributed by atoms with Gasteiger partial charge in [-0.1, -0.05) is 30.3 Å². The molecule has 1 amide bonds. The molecule has 0 bridgehead atoms. The highest BCUT2D eigenvalue weighted by atomic mass is 16.3. The Morgan fingerprint density at radius 1 is 1.35 bits per heavy atom. The first-order chi connectivity index (χ1) is 9.49. The third-order valence-electron chi connectivity index (χ3n) is 3.47. The van der Waals surface area contributed by atoms with Crippen molar-refractivity contribution in [3.63, 3.8) is 0 Å². The van der Waals surface area contributed by atoms with E-state index in [0.29, 0.717) is 12.1 Å². The number of primary amides is 1. The molecule has 0 fully saturated rings. The van der Waals surface area contributed by atoms with Crippen LogP contribution >= 0.6 is 0 Å². The van der Waals surface area contributed by atoms with Gasteiger partial charge in [0, 0.05) is 24.7 Å². The third kappa shape index (κ3) is 3.05. The van der Waals surface area contributed by atoms with E-state index < -0.39 is 18.1 Å². The Morgan fingerprint density at radius 3 is 2.55 bits per heavy atom. The molecule has 2 atom stereocenters. The summed E-state index contributed by atoms with van der Waals surface area (Å²) in [5.74, 6) is -1.49. The topological polar surface area (TPSA) is 83.6 Å². The second-order valence-electron chi connectivity index (χ2n) is 4.97. The first-order valence-electron chi connectivity index (χ1n) is 6.48. The van der Waals surface area contributed by atoms with E-state index >= 15 is 0 Å². The van der Waals surface area contributed by atoms with Gasteiger partial charge in [-0.05, 0) is 12.5 Å². The van der Waals surface area contributed by atoms with Crippen LogP contribution in [0.4, 0.5) is 0 Å². The quantitative estimate of drug-likeness (QED) is 0.850. The third-order valence-corrected chi connectivity index (χ3v) is 3.47. The summed E-state index contributed by atoms with van der Waals surface area (Å²) in [6.07, 6.45) is 0.878. The molecule has 0 aliphatic carbocycles. The van der Waals surface area contributed by atoms with E-state index in [0.717, 1.165) is 5.56 Å². The fourth-order valence-electron chi connectivity index (χ4n) is 2.38. The molecule has 5 heteroatoms. The van der Waals surface area contributed by atoms with Crippen LogP contribution in [-0.2, 0) is 16.1 Å². The molecule has 5 nitrogen and oxygen atoms in total. The molecule has 1 heterocycles. The molecule has 2 rings (SSSR count). The monoisotopic (exact) mass is 274 g/mol. The number of aliphatic hydroxyl groups excluding tert-OH is 1. The molecule has 0 unspecified atom stereocenters. The normalized spacial score (nSPS) is 22.3. The van der Waals surface area contributed by atoms with E-state index in [-0.39, 0.29) is 12.2 Å². The smallest absolute Gasteiger partial charge is 0.225 e. The molecule has 0 spiro atoms. The van der Waals surface area contributed by atoms with Crippen LogP contribution in [0.15, 0.2) is 42.1 Å². The second kappa shape index (κ2) is 5.88. The van der Waals surface area contributed by atoms with Gasteiger partial charge in [-0.15, -0.1) is 0 Å². The minimum Gasteiger partial charge on any atom is -0.374 e. The van der Waals surface area contributed by atoms with E-state index in [2.05, 4.69) is 0 Å². The van der Waals surface area contributed by atoms with Gasteiger partial charge in [0.1, 0.15) is 6.23 Å². The Bertz CT molecular complexity index is 539. The van der Waals surface area contributed by atoms with Crippen molar-refractivity contribution in [3.8, 4) is 0 Å². The number of hydrogen-bond acceptors (Lipinski definition) is 4. The molecule has 1 aliphatic heterocycles. The number of Topliss-reactive ketones (excluding diaryl/α,β-unsaturated/α-hetero) is 1. The lowest BCUT2D eigenvalue weighted by atomic mass is 9.89. The lowest BCUT2D eigenvalue weighted by Crippen LogP contribution is -2.42. The van der Waals surface area contributed by atoms with Crippen LogP contribution in [0.25, 0.3) is 0 Å². The van der Waals surface area contributed by atoms with Crippen molar-refractivity contribution < 1.29 is 14.7 Å². The predicted octanol–water partition coefficient (Wildman–Crippen LogP) is 0.785. The standard InChI is InChI=1S/C15H18N2O3/c1-10(18)13-9-17(8-11-5-3-2-4-6-11)14(19)7-12(13)15(16)20/h2-6,9,12,14,19H,7-8H2,1H3,(H2,16,20)/t12-,14+/m0/s1. The van der Waals surface area contributed by atoms with Crippen molar-refractivity contribution >= 4 is 11.7 Å². The Hall–Kier alpha value is -2.14. The second-order valence-corrected chi connectivity index (χ2v) is 4.97. The first-order valence-corrected chi connectivity index (χ1v) is 6.48.